The number of hydrogen-bond donors (Lipinski definition) is 1. The second-order valence-corrected chi connectivity index (χ2v) is 6.83. The molecule has 1 aromatic carbocycles. The van der Waals surface area contributed by atoms with Crippen molar-refractivity contribution in [2.24, 2.45) is 0 Å². The summed E-state index contributed by atoms with van der Waals surface area (Å²) in [5.74, 6) is 0.480. The molecule has 0 spiro atoms. The summed E-state index contributed by atoms with van der Waals surface area (Å²) in [6, 6.07) is 11.7. The number of ether oxygens (including phenoxy) is 1. The average molecular weight is 341 g/mol. The van der Waals surface area contributed by atoms with Crippen LogP contribution in [0.4, 0.5) is 0 Å². The SMILES string of the molecule is COc1nc2ccccc2nc1CCC(=O)NCc1ccc(C)s1. The highest BCUT2D eigenvalue weighted by Gasteiger charge is 2.11. The molecule has 6 heteroatoms. The molecule has 2 heterocycles. The Morgan fingerprint density at radius 1 is 1.17 bits per heavy atom. The number of carbonyl (C=O) groups is 1. The molecule has 0 saturated carbocycles. The van der Waals surface area contributed by atoms with Gasteiger partial charge in [-0.1, -0.05) is 12.1 Å². The van der Waals surface area contributed by atoms with Crippen molar-refractivity contribution < 1.29 is 9.53 Å². The van der Waals surface area contributed by atoms with Gasteiger partial charge in [-0.2, -0.15) is 0 Å². The monoisotopic (exact) mass is 341 g/mol. The van der Waals surface area contributed by atoms with Crippen LogP contribution in [0.2, 0.25) is 0 Å². The fourth-order valence-corrected chi connectivity index (χ4v) is 3.26. The predicted molar refractivity (Wildman–Crippen MR) is 95.3 cm³/mol. The number of fused-ring (bicyclic) bond motifs is 1. The molecule has 0 atom stereocenters. The molecule has 0 unspecified atom stereocenters. The molecule has 5 nitrogen and oxygen atoms in total. The third-order valence-corrected chi connectivity index (χ3v) is 4.64. The number of rotatable bonds is 6. The zero-order valence-corrected chi connectivity index (χ0v) is 14.5. The molecule has 24 heavy (non-hydrogen) atoms. The van der Waals surface area contributed by atoms with Crippen molar-refractivity contribution in [3.05, 3.63) is 51.8 Å². The first-order chi connectivity index (χ1) is 11.7. The van der Waals surface area contributed by atoms with Crippen LogP contribution in [0.3, 0.4) is 0 Å². The predicted octanol–water partition coefficient (Wildman–Crippen LogP) is 3.26. The molecule has 124 valence electrons. The van der Waals surface area contributed by atoms with Crippen molar-refractivity contribution in [2.75, 3.05) is 7.11 Å². The Morgan fingerprint density at radius 2 is 1.92 bits per heavy atom. The van der Waals surface area contributed by atoms with Crippen LogP contribution >= 0.6 is 11.3 Å². The molecule has 0 bridgehead atoms. The lowest BCUT2D eigenvalue weighted by molar-refractivity contribution is -0.121. The van der Waals surface area contributed by atoms with Gasteiger partial charge in [-0.05, 0) is 31.2 Å². The van der Waals surface area contributed by atoms with Gasteiger partial charge in [0.05, 0.1) is 24.7 Å². The number of carbonyl (C=O) groups excluding carboxylic acids is 1. The van der Waals surface area contributed by atoms with E-state index in [1.54, 1.807) is 18.4 Å². The number of hydrogen-bond acceptors (Lipinski definition) is 5. The Hall–Kier alpha value is -2.47. The number of aryl methyl sites for hydroxylation is 2. The smallest absolute Gasteiger partial charge is 0.235 e. The van der Waals surface area contributed by atoms with Gasteiger partial charge >= 0.3 is 0 Å². The summed E-state index contributed by atoms with van der Waals surface area (Å²) in [5.41, 5.74) is 2.30. The summed E-state index contributed by atoms with van der Waals surface area (Å²) < 4.78 is 5.31. The van der Waals surface area contributed by atoms with Gasteiger partial charge in [0.25, 0.3) is 0 Å². The van der Waals surface area contributed by atoms with Crippen molar-refractivity contribution in [1.82, 2.24) is 15.3 Å². The summed E-state index contributed by atoms with van der Waals surface area (Å²) >= 11 is 1.69. The van der Waals surface area contributed by atoms with E-state index < -0.39 is 0 Å². The van der Waals surface area contributed by atoms with E-state index in [0.717, 1.165) is 15.9 Å². The van der Waals surface area contributed by atoms with E-state index in [1.165, 1.54) is 4.88 Å². The van der Waals surface area contributed by atoms with Crippen molar-refractivity contribution in [2.45, 2.75) is 26.3 Å². The minimum atomic E-state index is -0.00179. The van der Waals surface area contributed by atoms with Gasteiger partial charge in [-0.15, -0.1) is 11.3 Å². The van der Waals surface area contributed by atoms with Gasteiger partial charge in [0.15, 0.2) is 0 Å². The Bertz CT molecular complexity index is 860. The molecule has 1 amide bonds. The van der Waals surface area contributed by atoms with Crippen LogP contribution in [0, 0.1) is 6.92 Å². The third kappa shape index (κ3) is 3.89. The number of amides is 1. The molecule has 3 rings (SSSR count). The summed E-state index contributed by atoms with van der Waals surface area (Å²) in [5, 5.41) is 2.94. The van der Waals surface area contributed by atoms with E-state index in [0.29, 0.717) is 31.0 Å². The van der Waals surface area contributed by atoms with Crippen LogP contribution in [-0.4, -0.2) is 23.0 Å². The van der Waals surface area contributed by atoms with Gasteiger partial charge in [0.1, 0.15) is 5.69 Å². The Morgan fingerprint density at radius 3 is 2.58 bits per heavy atom. The first-order valence-electron chi connectivity index (χ1n) is 7.77. The lowest BCUT2D eigenvalue weighted by Gasteiger charge is -2.08. The maximum absolute atomic E-state index is 12.1. The summed E-state index contributed by atoms with van der Waals surface area (Å²) in [7, 11) is 1.57. The van der Waals surface area contributed by atoms with Crippen LogP contribution in [0.1, 0.15) is 21.9 Å². The number of thiophene rings is 1. The molecule has 0 aliphatic rings. The van der Waals surface area contributed by atoms with E-state index in [4.69, 9.17) is 4.74 Å². The van der Waals surface area contributed by atoms with Crippen molar-refractivity contribution >= 4 is 28.3 Å². The van der Waals surface area contributed by atoms with Crippen LogP contribution in [0.25, 0.3) is 11.0 Å². The minimum Gasteiger partial charge on any atom is -0.480 e. The topological polar surface area (TPSA) is 64.1 Å². The second kappa shape index (κ2) is 7.40. The standard InChI is InChI=1S/C18H19N3O2S/c1-12-7-8-13(24-12)11-19-17(22)10-9-16-18(23-2)21-15-6-4-3-5-14(15)20-16/h3-8H,9-11H2,1-2H3,(H,19,22). The highest BCUT2D eigenvalue weighted by Crippen LogP contribution is 2.20. The van der Waals surface area contributed by atoms with E-state index in [-0.39, 0.29) is 5.91 Å². The lowest BCUT2D eigenvalue weighted by atomic mass is 10.2. The molecule has 2 aromatic heterocycles. The van der Waals surface area contributed by atoms with E-state index in [9.17, 15) is 4.79 Å². The zero-order valence-electron chi connectivity index (χ0n) is 13.7. The fraction of sp³-hybridized carbons (Fsp3) is 0.278. The Labute approximate surface area is 144 Å². The summed E-state index contributed by atoms with van der Waals surface area (Å²) in [6.07, 6.45) is 0.851. The van der Waals surface area contributed by atoms with Crippen LogP contribution in [0.5, 0.6) is 5.88 Å². The molecule has 0 radical (unpaired) electrons. The number of nitrogens with one attached hydrogen (secondary N) is 1. The molecule has 1 N–H and O–H groups in total. The van der Waals surface area contributed by atoms with Crippen molar-refractivity contribution in [3.63, 3.8) is 0 Å². The van der Waals surface area contributed by atoms with E-state index in [2.05, 4.69) is 28.3 Å². The Balaban J connectivity index is 1.62. The number of aromatic nitrogens is 2. The lowest BCUT2D eigenvalue weighted by Crippen LogP contribution is -2.22. The van der Waals surface area contributed by atoms with Crippen molar-refractivity contribution in [3.8, 4) is 5.88 Å². The maximum atomic E-state index is 12.1. The molecule has 0 aliphatic carbocycles. The molecule has 0 aliphatic heterocycles. The van der Waals surface area contributed by atoms with Gasteiger partial charge in [0.2, 0.25) is 11.8 Å². The quantitative estimate of drug-likeness (QED) is 0.747. The molecule has 0 fully saturated rings. The minimum absolute atomic E-state index is 0.00179. The first-order valence-corrected chi connectivity index (χ1v) is 8.59. The molecule has 0 saturated heterocycles. The van der Waals surface area contributed by atoms with Crippen LogP contribution in [-0.2, 0) is 17.8 Å². The fourth-order valence-electron chi connectivity index (χ4n) is 2.43. The van der Waals surface area contributed by atoms with Crippen LogP contribution in [0.15, 0.2) is 36.4 Å². The third-order valence-electron chi connectivity index (χ3n) is 3.64. The molecular weight excluding hydrogens is 322 g/mol. The number of para-hydroxylation sites is 2. The molecular formula is C18H19N3O2S. The zero-order chi connectivity index (χ0) is 16.9. The molecule has 3 aromatic rings. The highest BCUT2D eigenvalue weighted by atomic mass is 32.1. The van der Waals surface area contributed by atoms with Gasteiger partial charge in [-0.3, -0.25) is 4.79 Å². The summed E-state index contributed by atoms with van der Waals surface area (Å²) in [6.45, 7) is 2.62. The van der Waals surface area contributed by atoms with Gasteiger partial charge in [-0.25, -0.2) is 9.97 Å². The van der Waals surface area contributed by atoms with Crippen LogP contribution < -0.4 is 10.1 Å². The summed E-state index contributed by atoms with van der Waals surface area (Å²) in [4.78, 5) is 23.5. The highest BCUT2D eigenvalue weighted by molar-refractivity contribution is 7.11. The van der Waals surface area contributed by atoms with Gasteiger partial charge < -0.3 is 10.1 Å². The second-order valence-electron chi connectivity index (χ2n) is 5.46. The first kappa shape index (κ1) is 16.4. The maximum Gasteiger partial charge on any atom is 0.235 e. The largest absolute Gasteiger partial charge is 0.480 e. The number of nitrogens with zero attached hydrogens (tertiary/aromatic N) is 2. The normalized spacial score (nSPS) is 10.8. The average Bonchev–Trinajstić information content (AvgIpc) is 3.02. The number of methoxy groups -OCH3 is 1. The van der Waals surface area contributed by atoms with Gasteiger partial charge in [0, 0.05) is 22.6 Å². The van der Waals surface area contributed by atoms with E-state index in [1.807, 2.05) is 30.3 Å². The number of benzene rings is 1. The van der Waals surface area contributed by atoms with Crippen molar-refractivity contribution in [1.29, 1.82) is 0 Å². The van der Waals surface area contributed by atoms with E-state index >= 15 is 0 Å². The Kier molecular flexibility index (Phi) is 5.05.